The van der Waals surface area contributed by atoms with Crippen molar-refractivity contribution in [3.8, 4) is 0 Å². The van der Waals surface area contributed by atoms with Crippen LogP contribution in [-0.4, -0.2) is 23.0 Å². The van der Waals surface area contributed by atoms with E-state index in [4.69, 9.17) is 4.74 Å². The number of carbonyl (C=O) groups excluding carboxylic acids is 2. The topological polar surface area (TPSA) is 63.6 Å². The largest absolute Gasteiger partial charge is 0.511 e. The SMILES string of the molecule is O=C1OC(CCc2ccccc2)C(=O)C1=C(O)[C@@H]1C[C@H]1c1ccccc1. The number of esters is 1. The predicted molar refractivity (Wildman–Crippen MR) is 96.6 cm³/mol. The maximum absolute atomic E-state index is 12.6. The van der Waals surface area contributed by atoms with E-state index in [-0.39, 0.29) is 29.0 Å². The van der Waals surface area contributed by atoms with Crippen molar-refractivity contribution in [3.63, 3.8) is 0 Å². The first-order valence-corrected chi connectivity index (χ1v) is 8.92. The Hall–Kier alpha value is -2.88. The van der Waals surface area contributed by atoms with Gasteiger partial charge in [-0.3, -0.25) is 4.79 Å². The molecule has 4 rings (SSSR count). The molecule has 1 heterocycles. The number of hydrogen-bond acceptors (Lipinski definition) is 4. The van der Waals surface area contributed by atoms with Crippen LogP contribution in [0.1, 0.15) is 29.9 Å². The third-order valence-electron chi connectivity index (χ3n) is 5.16. The smallest absolute Gasteiger partial charge is 0.346 e. The van der Waals surface area contributed by atoms with Crippen molar-refractivity contribution in [2.45, 2.75) is 31.3 Å². The van der Waals surface area contributed by atoms with Gasteiger partial charge in [-0.15, -0.1) is 0 Å². The zero-order chi connectivity index (χ0) is 18.1. The van der Waals surface area contributed by atoms with Gasteiger partial charge in [-0.25, -0.2) is 4.79 Å². The minimum atomic E-state index is -0.797. The number of rotatable bonds is 5. The van der Waals surface area contributed by atoms with Gasteiger partial charge in [0.1, 0.15) is 11.3 Å². The number of allylic oxidation sites excluding steroid dienone is 1. The van der Waals surface area contributed by atoms with Crippen LogP contribution in [0.3, 0.4) is 0 Å². The summed E-state index contributed by atoms with van der Waals surface area (Å²) >= 11 is 0. The second kappa shape index (κ2) is 6.79. The molecule has 3 atom stereocenters. The minimum Gasteiger partial charge on any atom is -0.511 e. The Morgan fingerprint density at radius 3 is 2.35 bits per heavy atom. The first-order valence-electron chi connectivity index (χ1n) is 8.92. The lowest BCUT2D eigenvalue weighted by atomic mass is 10.00. The lowest BCUT2D eigenvalue weighted by Gasteiger charge is -2.06. The van der Waals surface area contributed by atoms with E-state index in [1.165, 1.54) is 0 Å². The Morgan fingerprint density at radius 1 is 1.00 bits per heavy atom. The van der Waals surface area contributed by atoms with Crippen molar-refractivity contribution >= 4 is 11.8 Å². The van der Waals surface area contributed by atoms with Gasteiger partial charge in [-0.2, -0.15) is 0 Å². The summed E-state index contributed by atoms with van der Waals surface area (Å²) in [5.74, 6) is -1.19. The lowest BCUT2D eigenvalue weighted by Crippen LogP contribution is -2.17. The van der Waals surface area contributed by atoms with E-state index in [2.05, 4.69) is 0 Å². The highest BCUT2D eigenvalue weighted by molar-refractivity contribution is 6.23. The fraction of sp³-hybridized carbons (Fsp3) is 0.273. The van der Waals surface area contributed by atoms with Crippen LogP contribution in [0, 0.1) is 5.92 Å². The Labute approximate surface area is 152 Å². The summed E-state index contributed by atoms with van der Waals surface area (Å²) in [7, 11) is 0. The number of ketones is 1. The average Bonchev–Trinajstić information content (AvgIpc) is 3.42. The number of cyclic esters (lactones) is 1. The molecule has 0 amide bonds. The van der Waals surface area contributed by atoms with Crippen LogP contribution in [0.25, 0.3) is 0 Å². The third kappa shape index (κ3) is 3.15. The summed E-state index contributed by atoms with van der Waals surface area (Å²) < 4.78 is 5.24. The lowest BCUT2D eigenvalue weighted by molar-refractivity contribution is -0.141. The molecule has 2 aromatic rings. The molecule has 4 heteroatoms. The van der Waals surface area contributed by atoms with Crippen LogP contribution in [0.2, 0.25) is 0 Å². The highest BCUT2D eigenvalue weighted by atomic mass is 16.6. The molecule has 1 unspecified atom stereocenters. The van der Waals surface area contributed by atoms with E-state index >= 15 is 0 Å². The molecule has 2 fully saturated rings. The Morgan fingerprint density at radius 2 is 1.65 bits per heavy atom. The second-order valence-electron chi connectivity index (χ2n) is 6.90. The predicted octanol–water partition coefficient (Wildman–Crippen LogP) is 3.73. The van der Waals surface area contributed by atoms with Crippen LogP contribution >= 0.6 is 0 Å². The van der Waals surface area contributed by atoms with Crippen LogP contribution < -0.4 is 0 Å². The van der Waals surface area contributed by atoms with Gasteiger partial charge in [0.05, 0.1) is 0 Å². The molecule has 4 nitrogen and oxygen atoms in total. The number of aliphatic hydroxyl groups excluding tert-OH is 1. The number of aryl methyl sites for hydroxylation is 1. The van der Waals surface area contributed by atoms with Gasteiger partial charge in [-0.1, -0.05) is 60.7 Å². The van der Waals surface area contributed by atoms with Crippen molar-refractivity contribution in [2.75, 3.05) is 0 Å². The first-order chi connectivity index (χ1) is 12.6. The zero-order valence-corrected chi connectivity index (χ0v) is 14.3. The Bertz CT molecular complexity index is 854. The average molecular weight is 348 g/mol. The molecule has 1 aliphatic heterocycles. The van der Waals surface area contributed by atoms with E-state index in [0.29, 0.717) is 12.8 Å². The van der Waals surface area contributed by atoms with Gasteiger partial charge in [-0.05, 0) is 36.3 Å². The van der Waals surface area contributed by atoms with Crippen molar-refractivity contribution in [2.24, 2.45) is 5.92 Å². The maximum Gasteiger partial charge on any atom is 0.346 e. The number of hydrogen-bond donors (Lipinski definition) is 1. The molecule has 0 spiro atoms. The molecule has 1 saturated heterocycles. The molecule has 1 N–H and O–H groups in total. The Kier molecular flexibility index (Phi) is 4.33. The highest BCUT2D eigenvalue weighted by Crippen LogP contribution is 2.52. The number of benzene rings is 2. The Balaban J connectivity index is 1.46. The van der Waals surface area contributed by atoms with E-state index in [0.717, 1.165) is 17.5 Å². The normalized spacial score (nSPS) is 26.5. The monoisotopic (exact) mass is 348 g/mol. The number of Topliss-reactive ketones (excluding diaryl/α,β-unsaturated/α-hetero) is 1. The summed E-state index contributed by atoms with van der Waals surface area (Å²) in [5, 5.41) is 10.5. The molecule has 1 aliphatic carbocycles. The van der Waals surface area contributed by atoms with Gasteiger partial charge in [0.2, 0.25) is 5.78 Å². The fourth-order valence-electron chi connectivity index (χ4n) is 3.62. The van der Waals surface area contributed by atoms with Gasteiger partial charge in [0, 0.05) is 5.92 Å². The molecule has 0 radical (unpaired) electrons. The molecule has 2 aromatic carbocycles. The molecule has 2 aliphatic rings. The highest BCUT2D eigenvalue weighted by Gasteiger charge is 2.48. The van der Waals surface area contributed by atoms with Crippen molar-refractivity contribution in [3.05, 3.63) is 83.1 Å². The molecule has 0 aromatic heterocycles. The number of carbonyl (C=O) groups is 2. The summed E-state index contributed by atoms with van der Waals surface area (Å²) in [5.41, 5.74) is 2.06. The maximum atomic E-state index is 12.6. The molecular weight excluding hydrogens is 328 g/mol. The summed E-state index contributed by atoms with van der Waals surface area (Å²) in [4.78, 5) is 24.8. The first kappa shape index (κ1) is 16.6. The van der Waals surface area contributed by atoms with Gasteiger partial charge >= 0.3 is 5.97 Å². The standard InChI is InChI=1S/C22H20O4/c23-20(17-13-16(17)15-9-5-2-6-10-15)19-21(24)18(26-22(19)25)12-11-14-7-3-1-4-8-14/h1-10,16-18,23H,11-13H2/t16-,17+,18?/m0/s1. The number of aliphatic hydroxyl groups is 1. The van der Waals surface area contributed by atoms with Crippen LogP contribution in [0.4, 0.5) is 0 Å². The van der Waals surface area contributed by atoms with Gasteiger partial charge in [0.25, 0.3) is 0 Å². The summed E-state index contributed by atoms with van der Waals surface area (Å²) in [6.07, 6.45) is 1.02. The molecule has 1 saturated carbocycles. The van der Waals surface area contributed by atoms with E-state index in [1.54, 1.807) is 0 Å². The number of ether oxygens (including phenoxy) is 1. The second-order valence-corrected chi connectivity index (χ2v) is 6.90. The van der Waals surface area contributed by atoms with Crippen LogP contribution in [0.15, 0.2) is 72.0 Å². The van der Waals surface area contributed by atoms with Gasteiger partial charge < -0.3 is 9.84 Å². The van der Waals surface area contributed by atoms with Crippen LogP contribution in [-0.2, 0) is 20.7 Å². The van der Waals surface area contributed by atoms with Crippen LogP contribution in [0.5, 0.6) is 0 Å². The molecule has 0 bridgehead atoms. The van der Waals surface area contributed by atoms with E-state index < -0.39 is 12.1 Å². The van der Waals surface area contributed by atoms with Crippen molar-refractivity contribution in [1.82, 2.24) is 0 Å². The van der Waals surface area contributed by atoms with E-state index in [9.17, 15) is 14.7 Å². The quantitative estimate of drug-likeness (QED) is 0.387. The molecule has 26 heavy (non-hydrogen) atoms. The van der Waals surface area contributed by atoms with Crippen molar-refractivity contribution in [1.29, 1.82) is 0 Å². The summed E-state index contributed by atoms with van der Waals surface area (Å²) in [6, 6.07) is 19.6. The van der Waals surface area contributed by atoms with E-state index in [1.807, 2.05) is 60.7 Å². The summed E-state index contributed by atoms with van der Waals surface area (Å²) in [6.45, 7) is 0. The molecular formula is C22H20O4. The fourth-order valence-corrected chi connectivity index (χ4v) is 3.62. The minimum absolute atomic E-state index is 0.101. The van der Waals surface area contributed by atoms with Crippen molar-refractivity contribution < 1.29 is 19.4 Å². The molecule has 132 valence electrons. The van der Waals surface area contributed by atoms with Gasteiger partial charge in [0.15, 0.2) is 6.10 Å². The zero-order valence-electron chi connectivity index (χ0n) is 14.3. The third-order valence-corrected chi connectivity index (χ3v) is 5.16.